The zero-order valence-corrected chi connectivity index (χ0v) is 10.5. The van der Waals surface area contributed by atoms with Crippen LogP contribution in [0.5, 0.6) is 0 Å². The van der Waals surface area contributed by atoms with Crippen LogP contribution in [0, 0.1) is 0 Å². The maximum absolute atomic E-state index is 11.3. The average Bonchev–Trinajstić information content (AvgIpc) is 2.60. The lowest BCUT2D eigenvalue weighted by Gasteiger charge is -2.07. The van der Waals surface area contributed by atoms with E-state index in [1.165, 1.54) is 6.07 Å². The van der Waals surface area contributed by atoms with Crippen LogP contribution in [-0.2, 0) is 9.53 Å². The minimum Gasteiger partial charge on any atom is -0.450 e. The molecule has 0 radical (unpaired) electrons. The van der Waals surface area contributed by atoms with E-state index in [0.29, 0.717) is 4.67 Å². The fourth-order valence-corrected chi connectivity index (χ4v) is 1.30. The number of halogens is 1. The molecule has 0 unspecified atom stereocenters. The van der Waals surface area contributed by atoms with Crippen LogP contribution < -0.4 is 5.32 Å². The monoisotopic (exact) mass is 289 g/mol. The molecule has 0 aromatic carbocycles. The number of hydrogen-bond donors (Lipinski definition) is 1. The van der Waals surface area contributed by atoms with Gasteiger partial charge in [-0.2, -0.15) is 0 Å². The van der Waals surface area contributed by atoms with Crippen LogP contribution in [0.4, 0.5) is 0 Å². The van der Waals surface area contributed by atoms with Crippen molar-refractivity contribution in [3.05, 3.63) is 22.6 Å². The highest BCUT2D eigenvalue weighted by Gasteiger charge is 2.14. The van der Waals surface area contributed by atoms with Crippen LogP contribution in [0.3, 0.4) is 0 Å². The number of amides is 1. The van der Waals surface area contributed by atoms with E-state index in [9.17, 15) is 9.59 Å². The average molecular weight is 290 g/mol. The summed E-state index contributed by atoms with van der Waals surface area (Å²) in [7, 11) is 0. The van der Waals surface area contributed by atoms with E-state index in [1.807, 2.05) is 13.8 Å². The lowest BCUT2D eigenvalue weighted by Crippen LogP contribution is -2.33. The highest BCUT2D eigenvalue weighted by molar-refractivity contribution is 9.10. The van der Waals surface area contributed by atoms with E-state index in [1.54, 1.807) is 6.07 Å². The van der Waals surface area contributed by atoms with E-state index in [2.05, 4.69) is 21.2 Å². The third-order valence-electron chi connectivity index (χ3n) is 1.56. The Labute approximate surface area is 101 Å². The number of carbonyl (C=O) groups is 2. The molecule has 0 saturated heterocycles. The predicted molar refractivity (Wildman–Crippen MR) is 60.0 cm³/mol. The van der Waals surface area contributed by atoms with Gasteiger partial charge in [0.15, 0.2) is 11.3 Å². The van der Waals surface area contributed by atoms with Gasteiger partial charge < -0.3 is 14.5 Å². The van der Waals surface area contributed by atoms with Gasteiger partial charge >= 0.3 is 5.97 Å². The SMILES string of the molecule is CC(C)NC(=O)COC(=O)c1ccc(Br)o1. The first-order valence-electron chi connectivity index (χ1n) is 4.71. The first-order chi connectivity index (χ1) is 7.49. The van der Waals surface area contributed by atoms with Crippen molar-refractivity contribution in [2.24, 2.45) is 0 Å². The Bertz CT molecular complexity index is 386. The molecule has 1 amide bonds. The van der Waals surface area contributed by atoms with Gasteiger partial charge in [0.05, 0.1) is 0 Å². The summed E-state index contributed by atoms with van der Waals surface area (Å²) in [5.74, 6) is -0.942. The van der Waals surface area contributed by atoms with Crippen LogP contribution in [0.1, 0.15) is 24.4 Å². The van der Waals surface area contributed by atoms with Gasteiger partial charge in [0.2, 0.25) is 5.76 Å². The van der Waals surface area contributed by atoms with Gasteiger partial charge in [-0.05, 0) is 41.9 Å². The minimum absolute atomic E-state index is 0.0176. The third-order valence-corrected chi connectivity index (χ3v) is 1.98. The van der Waals surface area contributed by atoms with Crippen molar-refractivity contribution < 1.29 is 18.7 Å². The second kappa shape index (κ2) is 5.69. The molecule has 1 aromatic rings. The fourth-order valence-electron chi connectivity index (χ4n) is 0.990. The van der Waals surface area contributed by atoms with E-state index in [-0.39, 0.29) is 24.3 Å². The first kappa shape index (κ1) is 12.8. The second-order valence-corrected chi connectivity index (χ2v) is 4.18. The number of esters is 1. The molecule has 1 rings (SSSR count). The molecule has 0 aliphatic rings. The van der Waals surface area contributed by atoms with Crippen molar-refractivity contribution in [1.82, 2.24) is 5.32 Å². The Kier molecular flexibility index (Phi) is 4.54. The highest BCUT2D eigenvalue weighted by atomic mass is 79.9. The lowest BCUT2D eigenvalue weighted by atomic mass is 10.4. The number of nitrogens with one attached hydrogen (secondary N) is 1. The first-order valence-corrected chi connectivity index (χ1v) is 5.50. The fraction of sp³-hybridized carbons (Fsp3) is 0.400. The number of ether oxygens (including phenoxy) is 1. The molecule has 1 aromatic heterocycles. The lowest BCUT2D eigenvalue weighted by molar-refractivity contribution is -0.124. The van der Waals surface area contributed by atoms with Crippen LogP contribution in [-0.4, -0.2) is 24.5 Å². The summed E-state index contributed by atoms with van der Waals surface area (Å²) >= 11 is 3.06. The van der Waals surface area contributed by atoms with Crippen LogP contribution in [0.25, 0.3) is 0 Å². The molecular formula is C10H12BrNO4. The van der Waals surface area contributed by atoms with Crippen LogP contribution in [0.2, 0.25) is 0 Å². The van der Waals surface area contributed by atoms with E-state index in [0.717, 1.165) is 0 Å². The van der Waals surface area contributed by atoms with Gasteiger partial charge in [-0.25, -0.2) is 4.79 Å². The standard InChI is InChI=1S/C10H12BrNO4/c1-6(2)12-9(13)5-15-10(14)7-3-4-8(11)16-7/h3-4,6H,5H2,1-2H3,(H,12,13). The molecule has 0 aliphatic heterocycles. The predicted octanol–water partition coefficient (Wildman–Crippen LogP) is 1.72. The molecule has 0 bridgehead atoms. The number of rotatable bonds is 4. The van der Waals surface area contributed by atoms with Gasteiger partial charge in [-0.15, -0.1) is 0 Å². The van der Waals surface area contributed by atoms with Gasteiger partial charge in [0.25, 0.3) is 5.91 Å². The summed E-state index contributed by atoms with van der Waals surface area (Å²) in [6.07, 6.45) is 0. The Hall–Kier alpha value is -1.30. The topological polar surface area (TPSA) is 68.5 Å². The molecule has 0 fully saturated rings. The van der Waals surface area contributed by atoms with E-state index in [4.69, 9.17) is 9.15 Å². The van der Waals surface area contributed by atoms with Crippen molar-refractivity contribution in [2.45, 2.75) is 19.9 Å². The molecule has 0 aliphatic carbocycles. The quantitative estimate of drug-likeness (QED) is 0.857. The number of hydrogen-bond acceptors (Lipinski definition) is 4. The largest absolute Gasteiger partial charge is 0.450 e. The summed E-state index contributed by atoms with van der Waals surface area (Å²) in [6, 6.07) is 3.06. The van der Waals surface area contributed by atoms with Gasteiger partial charge in [0, 0.05) is 6.04 Å². The van der Waals surface area contributed by atoms with Crippen molar-refractivity contribution in [3.8, 4) is 0 Å². The maximum atomic E-state index is 11.3. The smallest absolute Gasteiger partial charge is 0.374 e. The van der Waals surface area contributed by atoms with Gasteiger partial charge in [-0.1, -0.05) is 0 Å². The normalized spacial score (nSPS) is 10.2. The Morgan fingerprint density at radius 1 is 1.50 bits per heavy atom. The molecule has 0 saturated carbocycles. The molecule has 0 atom stereocenters. The van der Waals surface area contributed by atoms with Gasteiger partial charge in [0.1, 0.15) is 0 Å². The molecule has 5 nitrogen and oxygen atoms in total. The van der Waals surface area contributed by atoms with Crippen LogP contribution >= 0.6 is 15.9 Å². The summed E-state index contributed by atoms with van der Waals surface area (Å²) < 4.78 is 10.1. The number of furan rings is 1. The van der Waals surface area contributed by atoms with Gasteiger partial charge in [-0.3, -0.25) is 4.79 Å². The van der Waals surface area contributed by atoms with E-state index < -0.39 is 5.97 Å². The molecule has 0 spiro atoms. The van der Waals surface area contributed by atoms with Crippen LogP contribution in [0.15, 0.2) is 21.2 Å². The maximum Gasteiger partial charge on any atom is 0.374 e. The summed E-state index contributed by atoms with van der Waals surface area (Å²) in [5.41, 5.74) is 0. The zero-order chi connectivity index (χ0) is 12.1. The summed E-state index contributed by atoms with van der Waals surface area (Å²) in [5, 5.41) is 2.60. The minimum atomic E-state index is -0.662. The van der Waals surface area contributed by atoms with E-state index >= 15 is 0 Å². The Morgan fingerprint density at radius 3 is 2.69 bits per heavy atom. The third kappa shape index (κ3) is 4.06. The molecule has 1 N–H and O–H groups in total. The molecule has 88 valence electrons. The zero-order valence-electron chi connectivity index (χ0n) is 8.95. The van der Waals surface area contributed by atoms with Crippen molar-refractivity contribution in [1.29, 1.82) is 0 Å². The van der Waals surface area contributed by atoms with Crippen molar-refractivity contribution >= 4 is 27.8 Å². The Balaban J connectivity index is 2.38. The summed E-state index contributed by atoms with van der Waals surface area (Å²) in [4.78, 5) is 22.5. The number of carbonyl (C=O) groups excluding carboxylic acids is 2. The highest BCUT2D eigenvalue weighted by Crippen LogP contribution is 2.14. The summed E-state index contributed by atoms with van der Waals surface area (Å²) in [6.45, 7) is 3.34. The van der Waals surface area contributed by atoms with Crippen molar-refractivity contribution in [3.63, 3.8) is 0 Å². The second-order valence-electron chi connectivity index (χ2n) is 3.40. The Morgan fingerprint density at radius 2 is 2.19 bits per heavy atom. The van der Waals surface area contributed by atoms with Crippen molar-refractivity contribution in [2.75, 3.05) is 6.61 Å². The molecule has 1 heterocycles. The molecular weight excluding hydrogens is 278 g/mol. The molecule has 6 heteroatoms. The molecule has 16 heavy (non-hydrogen) atoms.